The van der Waals surface area contributed by atoms with E-state index in [0.717, 1.165) is 12.4 Å². The fourth-order valence-corrected chi connectivity index (χ4v) is 1.88. The maximum absolute atomic E-state index is 4.31. The van der Waals surface area contributed by atoms with Crippen molar-refractivity contribution in [2.45, 2.75) is 6.54 Å². The number of anilines is 1. The molecule has 2 heteroatoms. The third kappa shape index (κ3) is 1.01. The number of nitrogens with one attached hydrogen (secondary N) is 1. The van der Waals surface area contributed by atoms with Gasteiger partial charge < -0.3 is 5.32 Å². The summed E-state index contributed by atoms with van der Waals surface area (Å²) in [7, 11) is 0. The van der Waals surface area contributed by atoms with Crippen LogP contribution in [0.3, 0.4) is 0 Å². The Labute approximate surface area is 82.6 Å². The molecule has 0 aliphatic carbocycles. The standard InChI is InChI=1S/C12H10N2/c1-2-5-10-9(4-1)8-14-12-11(10)6-3-7-13-12/h1-7H,8H2,(H,13,14). The van der Waals surface area contributed by atoms with Crippen molar-refractivity contribution in [2.24, 2.45) is 0 Å². The molecule has 1 aliphatic rings. The highest BCUT2D eigenvalue weighted by Gasteiger charge is 2.14. The Balaban J connectivity index is 2.29. The molecule has 0 bridgehead atoms. The molecule has 0 atom stereocenters. The van der Waals surface area contributed by atoms with Crippen molar-refractivity contribution >= 4 is 5.82 Å². The van der Waals surface area contributed by atoms with Crippen LogP contribution in [0.2, 0.25) is 0 Å². The first-order valence-electron chi connectivity index (χ1n) is 4.72. The van der Waals surface area contributed by atoms with Crippen molar-refractivity contribution in [2.75, 3.05) is 5.32 Å². The maximum Gasteiger partial charge on any atom is 0.134 e. The van der Waals surface area contributed by atoms with Gasteiger partial charge in [0.2, 0.25) is 0 Å². The van der Waals surface area contributed by atoms with Crippen LogP contribution in [0.25, 0.3) is 11.1 Å². The lowest BCUT2D eigenvalue weighted by Crippen LogP contribution is -2.09. The van der Waals surface area contributed by atoms with Crippen LogP contribution < -0.4 is 5.32 Å². The first-order chi connectivity index (χ1) is 6.95. The van der Waals surface area contributed by atoms with Crippen LogP contribution in [0.5, 0.6) is 0 Å². The third-order valence-electron chi connectivity index (χ3n) is 2.56. The van der Waals surface area contributed by atoms with E-state index in [2.05, 4.69) is 40.6 Å². The molecule has 1 aromatic carbocycles. The van der Waals surface area contributed by atoms with Gasteiger partial charge in [-0.3, -0.25) is 0 Å². The van der Waals surface area contributed by atoms with E-state index in [0.29, 0.717) is 0 Å². The largest absolute Gasteiger partial charge is 0.365 e. The third-order valence-corrected chi connectivity index (χ3v) is 2.56. The fraction of sp³-hybridized carbons (Fsp3) is 0.0833. The van der Waals surface area contributed by atoms with Gasteiger partial charge in [0.25, 0.3) is 0 Å². The minimum atomic E-state index is 0.875. The zero-order valence-corrected chi connectivity index (χ0v) is 7.70. The van der Waals surface area contributed by atoms with Crippen LogP contribution in [0.15, 0.2) is 42.6 Å². The van der Waals surface area contributed by atoms with Gasteiger partial charge in [-0.05, 0) is 23.3 Å². The molecule has 0 fully saturated rings. The molecule has 2 aromatic rings. The first-order valence-corrected chi connectivity index (χ1v) is 4.72. The lowest BCUT2D eigenvalue weighted by molar-refractivity contribution is 1.09. The molecule has 0 spiro atoms. The molecule has 68 valence electrons. The van der Waals surface area contributed by atoms with Gasteiger partial charge in [-0.1, -0.05) is 24.3 Å². The summed E-state index contributed by atoms with van der Waals surface area (Å²) in [6.45, 7) is 0.875. The second kappa shape index (κ2) is 2.84. The van der Waals surface area contributed by atoms with Gasteiger partial charge in [-0.2, -0.15) is 0 Å². The zero-order chi connectivity index (χ0) is 9.38. The summed E-state index contributed by atoms with van der Waals surface area (Å²) in [5.74, 6) is 0.992. The molecular weight excluding hydrogens is 172 g/mol. The van der Waals surface area contributed by atoms with Crippen LogP contribution in [0.1, 0.15) is 5.56 Å². The first kappa shape index (κ1) is 7.56. The molecule has 2 heterocycles. The van der Waals surface area contributed by atoms with Crippen molar-refractivity contribution in [1.82, 2.24) is 4.98 Å². The van der Waals surface area contributed by atoms with Gasteiger partial charge >= 0.3 is 0 Å². The summed E-state index contributed by atoms with van der Waals surface area (Å²) >= 11 is 0. The highest BCUT2D eigenvalue weighted by molar-refractivity contribution is 5.80. The lowest BCUT2D eigenvalue weighted by Gasteiger charge is -2.19. The molecule has 0 saturated carbocycles. The van der Waals surface area contributed by atoms with Crippen molar-refractivity contribution in [3.8, 4) is 11.1 Å². The van der Waals surface area contributed by atoms with E-state index in [1.54, 1.807) is 0 Å². The van der Waals surface area contributed by atoms with E-state index >= 15 is 0 Å². The van der Waals surface area contributed by atoms with E-state index in [-0.39, 0.29) is 0 Å². The van der Waals surface area contributed by atoms with Crippen LogP contribution >= 0.6 is 0 Å². The number of benzene rings is 1. The summed E-state index contributed by atoms with van der Waals surface area (Å²) in [4.78, 5) is 4.31. The summed E-state index contributed by atoms with van der Waals surface area (Å²) in [6.07, 6.45) is 1.82. The van der Waals surface area contributed by atoms with E-state index in [9.17, 15) is 0 Å². The Morgan fingerprint density at radius 3 is 2.86 bits per heavy atom. The predicted molar refractivity (Wildman–Crippen MR) is 57.0 cm³/mol. The molecule has 1 aliphatic heterocycles. The molecule has 0 radical (unpaired) electrons. The normalized spacial score (nSPS) is 12.6. The van der Waals surface area contributed by atoms with Gasteiger partial charge in [-0.15, -0.1) is 0 Å². The van der Waals surface area contributed by atoms with Gasteiger partial charge in [0, 0.05) is 18.3 Å². The van der Waals surface area contributed by atoms with E-state index in [4.69, 9.17) is 0 Å². The predicted octanol–water partition coefficient (Wildman–Crippen LogP) is 2.67. The molecule has 0 unspecified atom stereocenters. The molecule has 1 N–H and O–H groups in total. The Morgan fingerprint density at radius 2 is 1.86 bits per heavy atom. The minimum Gasteiger partial charge on any atom is -0.365 e. The molecule has 2 nitrogen and oxygen atoms in total. The Morgan fingerprint density at radius 1 is 1.00 bits per heavy atom. The van der Waals surface area contributed by atoms with Crippen molar-refractivity contribution in [3.05, 3.63) is 48.2 Å². The molecule has 1 aromatic heterocycles. The number of fused-ring (bicyclic) bond motifs is 3. The number of pyridine rings is 1. The summed E-state index contributed by atoms with van der Waals surface area (Å²) < 4.78 is 0. The van der Waals surface area contributed by atoms with Crippen molar-refractivity contribution in [1.29, 1.82) is 0 Å². The zero-order valence-electron chi connectivity index (χ0n) is 7.70. The van der Waals surface area contributed by atoms with E-state index < -0.39 is 0 Å². The molecular formula is C12H10N2. The topological polar surface area (TPSA) is 24.9 Å². The van der Waals surface area contributed by atoms with Crippen LogP contribution in [0.4, 0.5) is 5.82 Å². The van der Waals surface area contributed by atoms with E-state index in [1.165, 1.54) is 16.7 Å². The fourth-order valence-electron chi connectivity index (χ4n) is 1.88. The summed E-state index contributed by atoms with van der Waals surface area (Å²) in [6, 6.07) is 12.5. The number of hydrogen-bond acceptors (Lipinski definition) is 2. The van der Waals surface area contributed by atoms with Gasteiger partial charge in [0.05, 0.1) is 0 Å². The molecule has 3 rings (SSSR count). The lowest BCUT2D eigenvalue weighted by atomic mass is 9.97. The Hall–Kier alpha value is -1.83. The van der Waals surface area contributed by atoms with Crippen LogP contribution in [0, 0.1) is 0 Å². The second-order valence-corrected chi connectivity index (χ2v) is 3.41. The van der Waals surface area contributed by atoms with E-state index in [1.807, 2.05) is 12.3 Å². The maximum atomic E-state index is 4.31. The average molecular weight is 182 g/mol. The van der Waals surface area contributed by atoms with Crippen molar-refractivity contribution in [3.63, 3.8) is 0 Å². The molecule has 0 saturated heterocycles. The molecule has 14 heavy (non-hydrogen) atoms. The van der Waals surface area contributed by atoms with Crippen molar-refractivity contribution < 1.29 is 0 Å². The minimum absolute atomic E-state index is 0.875. The summed E-state index contributed by atoms with van der Waals surface area (Å²) in [5, 5.41) is 3.31. The van der Waals surface area contributed by atoms with Crippen LogP contribution in [-0.4, -0.2) is 4.98 Å². The SMILES string of the molecule is c1ccc2c(c1)CNc1ncccc1-2. The number of aromatic nitrogens is 1. The second-order valence-electron chi connectivity index (χ2n) is 3.41. The smallest absolute Gasteiger partial charge is 0.134 e. The van der Waals surface area contributed by atoms with Gasteiger partial charge in [0.1, 0.15) is 5.82 Å². The summed E-state index contributed by atoms with van der Waals surface area (Å²) in [5.41, 5.74) is 3.84. The number of hydrogen-bond donors (Lipinski definition) is 1. The Kier molecular flexibility index (Phi) is 1.53. The highest BCUT2D eigenvalue weighted by Crippen LogP contribution is 2.33. The van der Waals surface area contributed by atoms with Gasteiger partial charge in [-0.25, -0.2) is 4.98 Å². The molecule has 0 amide bonds. The van der Waals surface area contributed by atoms with Crippen LogP contribution in [-0.2, 0) is 6.54 Å². The average Bonchev–Trinajstić information content (AvgIpc) is 2.29. The monoisotopic (exact) mass is 182 g/mol. The quantitative estimate of drug-likeness (QED) is 0.677. The number of rotatable bonds is 0. The highest BCUT2D eigenvalue weighted by atomic mass is 15.0. The number of nitrogens with zero attached hydrogens (tertiary/aromatic N) is 1. The van der Waals surface area contributed by atoms with Gasteiger partial charge in [0.15, 0.2) is 0 Å². The Bertz CT molecular complexity index is 432.